The fourth-order valence-corrected chi connectivity index (χ4v) is 0.908. The van der Waals surface area contributed by atoms with Crippen molar-refractivity contribution in [3.8, 4) is 5.75 Å². The number of amides is 1. The van der Waals surface area contributed by atoms with Crippen molar-refractivity contribution in [1.82, 2.24) is 0 Å². The number of hydrogen-bond acceptors (Lipinski definition) is 3. The Morgan fingerprint density at radius 1 is 1.54 bits per heavy atom. The molecular weight excluding hydrogens is 170 g/mol. The fraction of sp³-hybridized carbons (Fsp3) is 0.111. The van der Waals surface area contributed by atoms with Crippen molar-refractivity contribution in [2.24, 2.45) is 0 Å². The topological polar surface area (TPSA) is 69.2 Å². The van der Waals surface area contributed by atoms with Gasteiger partial charge in [-0.3, -0.25) is 9.59 Å². The van der Waals surface area contributed by atoms with Crippen molar-refractivity contribution < 1.29 is 14.7 Å². The zero-order chi connectivity index (χ0) is 9.84. The van der Waals surface area contributed by atoms with Crippen molar-refractivity contribution in [2.75, 3.05) is 5.32 Å². The summed E-state index contributed by atoms with van der Waals surface area (Å²) in [5.41, 5.74) is 0.500. The second-order valence-electron chi connectivity index (χ2n) is 2.55. The van der Waals surface area contributed by atoms with Crippen LogP contribution < -0.4 is 10.4 Å². The molecule has 13 heavy (non-hydrogen) atoms. The summed E-state index contributed by atoms with van der Waals surface area (Å²) in [4.78, 5) is 21.0. The van der Waals surface area contributed by atoms with E-state index in [-0.39, 0.29) is 17.3 Å². The van der Waals surface area contributed by atoms with Gasteiger partial charge in [0.25, 0.3) is 0 Å². The van der Waals surface area contributed by atoms with Crippen LogP contribution in [0, 0.1) is 0 Å². The predicted octanol–water partition coefficient (Wildman–Crippen LogP) is 0.531. The molecular formula is C9H8NO3-. The van der Waals surface area contributed by atoms with E-state index in [1.165, 1.54) is 25.1 Å². The Morgan fingerprint density at radius 2 is 2.23 bits per heavy atom. The SMILES string of the molecule is CC(=O)Nc1cc(C=O)ccc1[O-]. The fourth-order valence-electron chi connectivity index (χ4n) is 0.908. The van der Waals surface area contributed by atoms with Gasteiger partial charge >= 0.3 is 0 Å². The summed E-state index contributed by atoms with van der Waals surface area (Å²) >= 11 is 0. The quantitative estimate of drug-likeness (QED) is 0.671. The Morgan fingerprint density at radius 3 is 2.77 bits per heavy atom. The van der Waals surface area contributed by atoms with Crippen LogP contribution in [0.3, 0.4) is 0 Å². The molecule has 0 fully saturated rings. The molecule has 0 aliphatic heterocycles. The molecule has 0 saturated heterocycles. The summed E-state index contributed by atoms with van der Waals surface area (Å²) in [6.45, 7) is 1.30. The summed E-state index contributed by atoms with van der Waals surface area (Å²) in [6.07, 6.45) is 0.616. The van der Waals surface area contributed by atoms with Crippen LogP contribution in [0.25, 0.3) is 0 Å². The molecule has 4 heteroatoms. The van der Waals surface area contributed by atoms with Gasteiger partial charge in [-0.1, -0.05) is 17.9 Å². The molecule has 4 nitrogen and oxygen atoms in total. The number of benzene rings is 1. The van der Waals surface area contributed by atoms with Crippen LogP contribution in [-0.4, -0.2) is 12.2 Å². The van der Waals surface area contributed by atoms with Crippen LogP contribution in [0.4, 0.5) is 5.69 Å². The van der Waals surface area contributed by atoms with Gasteiger partial charge in [-0.15, -0.1) is 0 Å². The summed E-state index contributed by atoms with van der Waals surface area (Å²) < 4.78 is 0. The molecule has 0 aliphatic carbocycles. The number of hydrogen-bond donors (Lipinski definition) is 1. The molecule has 0 bridgehead atoms. The number of carbonyl (C=O) groups excluding carboxylic acids is 2. The van der Waals surface area contributed by atoms with Gasteiger partial charge in [0.05, 0.1) is 0 Å². The molecule has 0 unspecified atom stereocenters. The first-order valence-electron chi connectivity index (χ1n) is 3.67. The Labute approximate surface area is 75.2 Å². The first kappa shape index (κ1) is 9.25. The maximum atomic E-state index is 11.1. The highest BCUT2D eigenvalue weighted by Crippen LogP contribution is 2.20. The first-order valence-corrected chi connectivity index (χ1v) is 3.67. The maximum absolute atomic E-state index is 11.1. The van der Waals surface area contributed by atoms with Crippen LogP contribution in [0.15, 0.2) is 18.2 Å². The molecule has 1 N–H and O–H groups in total. The second kappa shape index (κ2) is 3.71. The van der Waals surface area contributed by atoms with Gasteiger partial charge in [0, 0.05) is 18.2 Å². The molecule has 0 aromatic heterocycles. The Balaban J connectivity index is 3.03. The molecule has 0 heterocycles. The van der Waals surface area contributed by atoms with E-state index in [1.54, 1.807) is 0 Å². The van der Waals surface area contributed by atoms with E-state index < -0.39 is 0 Å². The molecule has 1 aromatic carbocycles. The van der Waals surface area contributed by atoms with E-state index in [0.29, 0.717) is 11.8 Å². The summed E-state index contributed by atoms with van der Waals surface area (Å²) in [6, 6.07) is 3.99. The average Bonchev–Trinajstić information content (AvgIpc) is 2.08. The lowest BCUT2D eigenvalue weighted by molar-refractivity contribution is -0.267. The molecule has 0 spiro atoms. The minimum atomic E-state index is -0.333. The normalized spacial score (nSPS) is 9.31. The molecule has 0 radical (unpaired) electrons. The van der Waals surface area contributed by atoms with Gasteiger partial charge < -0.3 is 10.4 Å². The molecule has 0 atom stereocenters. The molecule has 0 saturated carbocycles. The number of nitrogens with one attached hydrogen (secondary N) is 1. The summed E-state index contributed by atoms with van der Waals surface area (Å²) in [5.74, 6) is -0.638. The third kappa shape index (κ3) is 2.30. The van der Waals surface area contributed by atoms with Crippen LogP contribution in [0.1, 0.15) is 17.3 Å². The van der Waals surface area contributed by atoms with Gasteiger partial charge in [-0.25, -0.2) is 0 Å². The van der Waals surface area contributed by atoms with Crippen molar-refractivity contribution in [3.63, 3.8) is 0 Å². The van der Waals surface area contributed by atoms with Gasteiger partial charge in [-0.2, -0.15) is 0 Å². The Hall–Kier alpha value is -1.84. The monoisotopic (exact) mass is 178 g/mol. The van der Waals surface area contributed by atoms with Crippen LogP contribution in [0.5, 0.6) is 5.75 Å². The van der Waals surface area contributed by atoms with E-state index >= 15 is 0 Å². The number of carbonyl (C=O) groups is 2. The number of aldehydes is 1. The minimum Gasteiger partial charge on any atom is -0.871 e. The van der Waals surface area contributed by atoms with Crippen molar-refractivity contribution in [2.45, 2.75) is 6.92 Å². The van der Waals surface area contributed by atoms with Crippen molar-refractivity contribution in [3.05, 3.63) is 23.8 Å². The molecule has 0 aliphatic rings. The standard InChI is InChI=1S/C9H9NO3/c1-6(12)10-8-4-7(5-11)2-3-9(8)13/h2-5,13H,1H3,(H,10,12)/p-1. The van der Waals surface area contributed by atoms with E-state index in [9.17, 15) is 14.7 Å². The highest BCUT2D eigenvalue weighted by molar-refractivity contribution is 5.91. The third-order valence-corrected chi connectivity index (χ3v) is 1.45. The maximum Gasteiger partial charge on any atom is 0.221 e. The summed E-state index contributed by atoms with van der Waals surface area (Å²) in [7, 11) is 0. The lowest BCUT2D eigenvalue weighted by Gasteiger charge is -2.13. The highest BCUT2D eigenvalue weighted by atomic mass is 16.3. The number of rotatable bonds is 2. The second-order valence-corrected chi connectivity index (χ2v) is 2.55. The van der Waals surface area contributed by atoms with Crippen LogP contribution in [0.2, 0.25) is 0 Å². The van der Waals surface area contributed by atoms with Crippen molar-refractivity contribution >= 4 is 17.9 Å². The predicted molar refractivity (Wildman–Crippen MR) is 45.6 cm³/mol. The first-order chi connectivity index (χ1) is 6.13. The molecule has 1 rings (SSSR count). The van der Waals surface area contributed by atoms with Gasteiger partial charge in [0.2, 0.25) is 5.91 Å². The highest BCUT2D eigenvalue weighted by Gasteiger charge is 1.97. The van der Waals surface area contributed by atoms with E-state index in [0.717, 1.165) is 0 Å². The minimum absolute atomic E-state index is 0.136. The molecule has 1 aromatic rings. The Bertz CT molecular complexity index is 347. The lowest BCUT2D eigenvalue weighted by Crippen LogP contribution is -2.08. The van der Waals surface area contributed by atoms with Gasteiger partial charge in [0.15, 0.2) is 0 Å². The zero-order valence-corrected chi connectivity index (χ0v) is 7.03. The average molecular weight is 178 g/mol. The van der Waals surface area contributed by atoms with Crippen LogP contribution >= 0.6 is 0 Å². The Kier molecular flexibility index (Phi) is 2.64. The number of anilines is 1. The van der Waals surface area contributed by atoms with Crippen molar-refractivity contribution in [1.29, 1.82) is 0 Å². The van der Waals surface area contributed by atoms with E-state index in [1.807, 2.05) is 0 Å². The van der Waals surface area contributed by atoms with Crippen LogP contribution in [-0.2, 0) is 4.79 Å². The third-order valence-electron chi connectivity index (χ3n) is 1.45. The largest absolute Gasteiger partial charge is 0.871 e. The van der Waals surface area contributed by atoms with Gasteiger partial charge in [-0.05, 0) is 6.07 Å². The summed E-state index contributed by atoms with van der Waals surface area (Å²) in [5, 5.41) is 13.4. The zero-order valence-electron chi connectivity index (χ0n) is 7.03. The van der Waals surface area contributed by atoms with Gasteiger partial charge in [0.1, 0.15) is 6.29 Å². The molecule has 68 valence electrons. The molecule has 1 amide bonds. The van der Waals surface area contributed by atoms with E-state index in [4.69, 9.17) is 0 Å². The van der Waals surface area contributed by atoms with E-state index in [2.05, 4.69) is 5.32 Å². The lowest BCUT2D eigenvalue weighted by atomic mass is 10.2. The smallest absolute Gasteiger partial charge is 0.221 e.